The summed E-state index contributed by atoms with van der Waals surface area (Å²) in [6.07, 6.45) is 0. The number of hydrogen-bond donors (Lipinski definition) is 3. The van der Waals surface area contributed by atoms with Crippen molar-refractivity contribution in [3.63, 3.8) is 0 Å². The van der Waals surface area contributed by atoms with Crippen LogP contribution in [0.4, 0.5) is 0 Å². The van der Waals surface area contributed by atoms with Crippen LogP contribution in [0.25, 0.3) is 0 Å². The first-order valence-corrected chi connectivity index (χ1v) is 3.91. The van der Waals surface area contributed by atoms with E-state index < -0.39 is 18.4 Å². The van der Waals surface area contributed by atoms with Crippen LogP contribution in [0.5, 0.6) is 0 Å². The standard InChI is InChI=1S/C9H8O6/c10-7(11)5-2-1-3-6(4-5)8(12)15-9(13)14/h1-4,9,13-14H,(H,10,11). The van der Waals surface area contributed by atoms with Gasteiger partial charge in [0.2, 0.25) is 0 Å². The minimum atomic E-state index is -2.22. The van der Waals surface area contributed by atoms with Crippen LogP contribution in [0.1, 0.15) is 20.7 Å². The fourth-order valence-corrected chi connectivity index (χ4v) is 0.943. The van der Waals surface area contributed by atoms with E-state index in [1.807, 2.05) is 0 Å². The van der Waals surface area contributed by atoms with Gasteiger partial charge in [0, 0.05) is 0 Å². The highest BCUT2D eigenvalue weighted by Crippen LogP contribution is 2.07. The van der Waals surface area contributed by atoms with Gasteiger partial charge in [-0.15, -0.1) is 0 Å². The summed E-state index contributed by atoms with van der Waals surface area (Å²) in [7, 11) is 0. The predicted octanol–water partition coefficient (Wildman–Crippen LogP) is -0.190. The normalized spacial score (nSPS) is 10.1. The number of carbonyl (C=O) groups is 2. The monoisotopic (exact) mass is 212 g/mol. The van der Waals surface area contributed by atoms with Gasteiger partial charge < -0.3 is 20.1 Å². The van der Waals surface area contributed by atoms with Crippen molar-refractivity contribution in [3.8, 4) is 0 Å². The zero-order valence-corrected chi connectivity index (χ0v) is 7.45. The van der Waals surface area contributed by atoms with E-state index in [4.69, 9.17) is 15.3 Å². The number of benzene rings is 1. The lowest BCUT2D eigenvalue weighted by molar-refractivity contribution is -0.200. The second-order valence-electron chi connectivity index (χ2n) is 2.62. The molecule has 0 amide bonds. The maximum atomic E-state index is 11.1. The van der Waals surface area contributed by atoms with Gasteiger partial charge in [-0.3, -0.25) is 0 Å². The Morgan fingerprint density at radius 3 is 2.33 bits per heavy atom. The van der Waals surface area contributed by atoms with Crippen molar-refractivity contribution in [1.82, 2.24) is 0 Å². The van der Waals surface area contributed by atoms with Gasteiger partial charge in [-0.2, -0.15) is 0 Å². The van der Waals surface area contributed by atoms with Crippen LogP contribution in [0, 0.1) is 0 Å². The van der Waals surface area contributed by atoms with Crippen LogP contribution in [0.2, 0.25) is 0 Å². The summed E-state index contributed by atoms with van der Waals surface area (Å²) in [6, 6.07) is 5.03. The van der Waals surface area contributed by atoms with Crippen molar-refractivity contribution in [2.24, 2.45) is 0 Å². The molecule has 0 heterocycles. The van der Waals surface area contributed by atoms with Gasteiger partial charge in [0.25, 0.3) is 0 Å². The first kappa shape index (κ1) is 11.2. The molecule has 0 bridgehead atoms. The average Bonchev–Trinajstić information content (AvgIpc) is 2.17. The molecule has 3 N–H and O–H groups in total. The van der Waals surface area contributed by atoms with Gasteiger partial charge in [0.15, 0.2) is 0 Å². The molecule has 0 aliphatic heterocycles. The summed E-state index contributed by atoms with van der Waals surface area (Å²) in [5.74, 6) is -2.19. The highest BCUT2D eigenvalue weighted by molar-refractivity contribution is 5.94. The number of esters is 1. The lowest BCUT2D eigenvalue weighted by Gasteiger charge is -2.05. The van der Waals surface area contributed by atoms with Crippen molar-refractivity contribution in [2.45, 2.75) is 6.48 Å². The zero-order valence-electron chi connectivity index (χ0n) is 7.45. The number of ether oxygens (including phenoxy) is 1. The molecular formula is C9H8O6. The van der Waals surface area contributed by atoms with E-state index in [1.54, 1.807) is 0 Å². The number of rotatable bonds is 3. The van der Waals surface area contributed by atoms with Crippen LogP contribution in [0.15, 0.2) is 24.3 Å². The summed E-state index contributed by atoms with van der Waals surface area (Å²) >= 11 is 0. The molecule has 0 aliphatic carbocycles. The maximum absolute atomic E-state index is 11.1. The Hall–Kier alpha value is -1.92. The van der Waals surface area contributed by atoms with Crippen LogP contribution in [0.3, 0.4) is 0 Å². The third kappa shape index (κ3) is 3.04. The molecule has 6 nitrogen and oxygen atoms in total. The highest BCUT2D eigenvalue weighted by Gasteiger charge is 2.12. The zero-order chi connectivity index (χ0) is 11.4. The summed E-state index contributed by atoms with van der Waals surface area (Å²) in [4.78, 5) is 21.6. The fourth-order valence-electron chi connectivity index (χ4n) is 0.943. The second-order valence-corrected chi connectivity index (χ2v) is 2.62. The topological polar surface area (TPSA) is 104 Å². The van der Waals surface area contributed by atoms with Gasteiger partial charge in [-0.25, -0.2) is 9.59 Å². The van der Waals surface area contributed by atoms with Crippen LogP contribution in [-0.4, -0.2) is 33.7 Å². The van der Waals surface area contributed by atoms with Crippen LogP contribution in [-0.2, 0) is 4.74 Å². The molecule has 0 aliphatic rings. The molecular weight excluding hydrogens is 204 g/mol. The quantitative estimate of drug-likeness (QED) is 0.474. The van der Waals surface area contributed by atoms with E-state index in [9.17, 15) is 9.59 Å². The number of hydrogen-bond acceptors (Lipinski definition) is 5. The second kappa shape index (κ2) is 4.54. The number of carboxylic acids is 1. The Labute approximate surface area is 84.3 Å². The molecule has 15 heavy (non-hydrogen) atoms. The molecule has 0 aromatic heterocycles. The van der Waals surface area contributed by atoms with E-state index >= 15 is 0 Å². The summed E-state index contributed by atoms with van der Waals surface area (Å²) in [5, 5.41) is 25.3. The number of carboxylic acid groups (broad SMARTS) is 1. The van der Waals surface area contributed by atoms with Crippen molar-refractivity contribution < 1.29 is 29.6 Å². The SMILES string of the molecule is O=C(O)c1cccc(C(=O)OC(O)O)c1. The Bertz CT molecular complexity index is 384. The molecule has 1 aromatic rings. The molecule has 0 spiro atoms. The maximum Gasteiger partial charge on any atom is 0.342 e. The molecule has 6 heteroatoms. The molecule has 1 rings (SSSR count). The van der Waals surface area contributed by atoms with Gasteiger partial charge in [0.05, 0.1) is 11.1 Å². The minimum Gasteiger partial charge on any atom is -0.478 e. The summed E-state index contributed by atoms with van der Waals surface area (Å²) < 4.78 is 4.05. The smallest absolute Gasteiger partial charge is 0.342 e. The number of aromatic carboxylic acids is 1. The Kier molecular flexibility index (Phi) is 3.37. The minimum absolute atomic E-state index is 0.0667. The molecule has 0 fully saturated rings. The Balaban J connectivity index is 2.90. The highest BCUT2D eigenvalue weighted by atomic mass is 16.7. The number of aliphatic hydroxyl groups is 2. The van der Waals surface area contributed by atoms with Crippen molar-refractivity contribution in [1.29, 1.82) is 0 Å². The average molecular weight is 212 g/mol. The van der Waals surface area contributed by atoms with Crippen molar-refractivity contribution in [3.05, 3.63) is 35.4 Å². The molecule has 0 saturated heterocycles. The van der Waals surface area contributed by atoms with Crippen LogP contribution < -0.4 is 0 Å². The molecule has 0 saturated carbocycles. The fraction of sp³-hybridized carbons (Fsp3) is 0.111. The van der Waals surface area contributed by atoms with E-state index in [0.717, 1.165) is 6.07 Å². The van der Waals surface area contributed by atoms with E-state index in [-0.39, 0.29) is 11.1 Å². The van der Waals surface area contributed by atoms with E-state index in [2.05, 4.69) is 4.74 Å². The largest absolute Gasteiger partial charge is 0.478 e. The number of carbonyl (C=O) groups excluding carboxylic acids is 1. The van der Waals surface area contributed by atoms with Crippen molar-refractivity contribution >= 4 is 11.9 Å². The summed E-state index contributed by atoms with van der Waals surface area (Å²) in [6.45, 7) is -2.22. The van der Waals surface area contributed by atoms with E-state index in [0.29, 0.717) is 0 Å². The van der Waals surface area contributed by atoms with Gasteiger partial charge in [-0.05, 0) is 18.2 Å². The first-order chi connectivity index (χ1) is 7.00. The molecule has 80 valence electrons. The van der Waals surface area contributed by atoms with Gasteiger partial charge >= 0.3 is 18.4 Å². The lowest BCUT2D eigenvalue weighted by atomic mass is 10.1. The van der Waals surface area contributed by atoms with Gasteiger partial charge in [0.1, 0.15) is 0 Å². The third-order valence-corrected chi connectivity index (χ3v) is 1.56. The van der Waals surface area contributed by atoms with Crippen LogP contribution >= 0.6 is 0 Å². The Morgan fingerprint density at radius 1 is 1.20 bits per heavy atom. The van der Waals surface area contributed by atoms with E-state index in [1.165, 1.54) is 18.2 Å². The lowest BCUT2D eigenvalue weighted by Crippen LogP contribution is -2.16. The predicted molar refractivity (Wildman–Crippen MR) is 47.0 cm³/mol. The first-order valence-electron chi connectivity index (χ1n) is 3.91. The van der Waals surface area contributed by atoms with Gasteiger partial charge in [-0.1, -0.05) is 6.07 Å². The van der Waals surface area contributed by atoms with Crippen molar-refractivity contribution in [2.75, 3.05) is 0 Å². The third-order valence-electron chi connectivity index (χ3n) is 1.56. The number of aliphatic hydroxyl groups excluding tert-OH is 1. The Morgan fingerprint density at radius 2 is 1.80 bits per heavy atom. The molecule has 0 radical (unpaired) electrons. The molecule has 0 atom stereocenters. The summed E-state index contributed by atoms with van der Waals surface area (Å²) in [5.41, 5.74) is -0.153. The molecule has 1 aromatic carbocycles. The molecule has 0 unspecified atom stereocenters.